The number of rotatable bonds is 4. The third-order valence-corrected chi connectivity index (χ3v) is 3.32. The van der Waals surface area contributed by atoms with Crippen molar-refractivity contribution >= 4 is 34.5 Å². The van der Waals surface area contributed by atoms with E-state index < -0.39 is 0 Å². The Hall–Kier alpha value is -1.50. The van der Waals surface area contributed by atoms with Gasteiger partial charge in [0.15, 0.2) is 0 Å². The molecule has 0 atom stereocenters. The second-order valence-electron chi connectivity index (χ2n) is 4.25. The van der Waals surface area contributed by atoms with Crippen LogP contribution in [0.2, 0.25) is 4.47 Å². The molecule has 1 amide bonds. The molecule has 2 aromatic rings. The van der Waals surface area contributed by atoms with Crippen LogP contribution in [-0.4, -0.2) is 35.1 Å². The number of carbonyl (C=O) groups is 1. The second-order valence-corrected chi connectivity index (χ2v) is 5.81. The molecule has 0 bridgehead atoms. The van der Waals surface area contributed by atoms with E-state index in [1.165, 1.54) is 5.56 Å². The molecule has 0 aliphatic heterocycles. The summed E-state index contributed by atoms with van der Waals surface area (Å²) < 4.78 is 0.256. The van der Waals surface area contributed by atoms with Crippen LogP contribution < -0.4 is 5.32 Å². The Morgan fingerprint density at radius 1 is 1.32 bits per heavy atom. The summed E-state index contributed by atoms with van der Waals surface area (Å²) in [5.41, 5.74) is 1.90. The minimum Gasteiger partial charge on any atom is -0.320 e. The third-order valence-electron chi connectivity index (χ3n) is 2.31. The monoisotopic (exact) mass is 296 g/mol. The number of nitrogens with zero attached hydrogens (tertiary/aromatic N) is 3. The Kier molecular flexibility index (Phi) is 4.47. The quantitative estimate of drug-likeness (QED) is 0.942. The SMILES string of the molecule is CN(C)Cc1ccc(NC(=O)c2nnc(Cl)s2)cc1. The van der Waals surface area contributed by atoms with Gasteiger partial charge >= 0.3 is 0 Å². The van der Waals surface area contributed by atoms with Gasteiger partial charge in [-0.1, -0.05) is 23.5 Å². The molecule has 1 heterocycles. The van der Waals surface area contributed by atoms with E-state index >= 15 is 0 Å². The lowest BCUT2D eigenvalue weighted by Gasteiger charge is -2.10. The van der Waals surface area contributed by atoms with E-state index in [0.29, 0.717) is 0 Å². The van der Waals surface area contributed by atoms with Gasteiger partial charge in [0, 0.05) is 12.2 Å². The Balaban J connectivity index is 2.01. The van der Waals surface area contributed by atoms with Gasteiger partial charge < -0.3 is 10.2 Å². The van der Waals surface area contributed by atoms with Crippen LogP contribution >= 0.6 is 22.9 Å². The van der Waals surface area contributed by atoms with E-state index in [1.54, 1.807) is 0 Å². The van der Waals surface area contributed by atoms with Gasteiger partial charge in [-0.2, -0.15) is 0 Å². The summed E-state index contributed by atoms with van der Waals surface area (Å²) >= 11 is 6.69. The van der Waals surface area contributed by atoms with Gasteiger partial charge in [0.05, 0.1) is 0 Å². The predicted molar refractivity (Wildman–Crippen MR) is 76.7 cm³/mol. The maximum absolute atomic E-state index is 11.8. The van der Waals surface area contributed by atoms with Crippen molar-refractivity contribution in [2.24, 2.45) is 0 Å². The standard InChI is InChI=1S/C12H13ClN4OS/c1-17(2)7-8-3-5-9(6-4-8)14-10(18)11-15-16-12(13)19-11/h3-6H,7H2,1-2H3,(H,14,18). The molecule has 0 saturated heterocycles. The van der Waals surface area contributed by atoms with E-state index in [1.807, 2.05) is 38.4 Å². The molecule has 0 aliphatic rings. The highest BCUT2D eigenvalue weighted by molar-refractivity contribution is 7.17. The van der Waals surface area contributed by atoms with Crippen LogP contribution in [-0.2, 0) is 6.54 Å². The van der Waals surface area contributed by atoms with Gasteiger partial charge in [0.1, 0.15) is 0 Å². The Morgan fingerprint density at radius 3 is 2.53 bits per heavy atom. The predicted octanol–water partition coefficient (Wildman–Crippen LogP) is 2.51. The number of benzene rings is 1. The number of hydrogen-bond donors (Lipinski definition) is 1. The first kappa shape index (κ1) is 13.9. The number of aromatic nitrogens is 2. The number of hydrogen-bond acceptors (Lipinski definition) is 5. The molecule has 1 aromatic heterocycles. The van der Waals surface area contributed by atoms with Gasteiger partial charge in [-0.05, 0) is 43.4 Å². The zero-order chi connectivity index (χ0) is 13.8. The van der Waals surface area contributed by atoms with Gasteiger partial charge in [-0.3, -0.25) is 4.79 Å². The van der Waals surface area contributed by atoms with E-state index in [4.69, 9.17) is 11.6 Å². The maximum Gasteiger partial charge on any atom is 0.286 e. The molecule has 0 unspecified atom stereocenters. The van der Waals surface area contributed by atoms with Gasteiger partial charge in [0.2, 0.25) is 9.47 Å². The second kappa shape index (κ2) is 6.10. The van der Waals surface area contributed by atoms with Crippen molar-refractivity contribution in [3.05, 3.63) is 39.3 Å². The average molecular weight is 297 g/mol. The van der Waals surface area contributed by atoms with Gasteiger partial charge in [-0.25, -0.2) is 0 Å². The maximum atomic E-state index is 11.8. The third kappa shape index (κ3) is 3.99. The lowest BCUT2D eigenvalue weighted by Crippen LogP contribution is -2.12. The minimum atomic E-state index is -0.301. The fraction of sp³-hybridized carbons (Fsp3) is 0.250. The molecule has 0 spiro atoms. The highest BCUT2D eigenvalue weighted by atomic mass is 35.5. The van der Waals surface area contributed by atoms with Crippen LogP contribution in [0.25, 0.3) is 0 Å². The van der Waals surface area contributed by atoms with Crippen molar-refractivity contribution in [3.63, 3.8) is 0 Å². The summed E-state index contributed by atoms with van der Waals surface area (Å²) in [7, 11) is 4.02. The fourth-order valence-electron chi connectivity index (χ4n) is 1.54. The van der Waals surface area contributed by atoms with Crippen molar-refractivity contribution in [2.75, 3.05) is 19.4 Å². The first-order valence-electron chi connectivity index (χ1n) is 5.58. The molecule has 19 heavy (non-hydrogen) atoms. The highest BCUT2D eigenvalue weighted by Crippen LogP contribution is 2.17. The molecule has 0 fully saturated rings. The van der Waals surface area contributed by atoms with Crippen LogP contribution in [0.3, 0.4) is 0 Å². The van der Waals surface area contributed by atoms with Crippen molar-refractivity contribution in [3.8, 4) is 0 Å². The minimum absolute atomic E-state index is 0.252. The van der Waals surface area contributed by atoms with Crippen LogP contribution in [0.4, 0.5) is 5.69 Å². The van der Waals surface area contributed by atoms with Crippen LogP contribution in [0.5, 0.6) is 0 Å². The summed E-state index contributed by atoms with van der Waals surface area (Å²) in [4.78, 5) is 13.9. The fourth-order valence-corrected chi connectivity index (χ4v) is 2.26. The summed E-state index contributed by atoms with van der Waals surface area (Å²) in [6.45, 7) is 0.861. The van der Waals surface area contributed by atoms with Crippen molar-refractivity contribution in [2.45, 2.75) is 6.54 Å². The molecule has 0 radical (unpaired) electrons. The molecule has 2 rings (SSSR count). The molecule has 5 nitrogen and oxygen atoms in total. The van der Waals surface area contributed by atoms with Crippen molar-refractivity contribution < 1.29 is 4.79 Å². The van der Waals surface area contributed by atoms with Crippen LogP contribution in [0, 0.1) is 0 Å². The first-order chi connectivity index (χ1) is 9.04. The number of carbonyl (C=O) groups excluding carboxylic acids is 1. The number of nitrogens with one attached hydrogen (secondary N) is 1. The smallest absolute Gasteiger partial charge is 0.286 e. The zero-order valence-corrected chi connectivity index (χ0v) is 12.1. The lowest BCUT2D eigenvalue weighted by atomic mass is 10.2. The largest absolute Gasteiger partial charge is 0.320 e. The molecule has 0 aliphatic carbocycles. The number of halogens is 1. The van der Waals surface area contributed by atoms with Gasteiger partial charge in [-0.15, -0.1) is 10.2 Å². The Bertz CT molecular complexity index is 567. The summed E-state index contributed by atoms with van der Waals surface area (Å²) in [5.74, 6) is -0.301. The molecular formula is C12H13ClN4OS. The topological polar surface area (TPSA) is 58.1 Å². The lowest BCUT2D eigenvalue weighted by molar-refractivity contribution is 0.102. The summed E-state index contributed by atoms with van der Waals surface area (Å²) in [6.07, 6.45) is 0. The van der Waals surface area contributed by atoms with Gasteiger partial charge in [0.25, 0.3) is 5.91 Å². The highest BCUT2D eigenvalue weighted by Gasteiger charge is 2.11. The van der Waals surface area contributed by atoms with Crippen LogP contribution in [0.1, 0.15) is 15.4 Å². The molecule has 0 saturated carbocycles. The van der Waals surface area contributed by atoms with Crippen LogP contribution in [0.15, 0.2) is 24.3 Å². The van der Waals surface area contributed by atoms with Crippen molar-refractivity contribution in [1.82, 2.24) is 15.1 Å². The number of anilines is 1. The van der Waals surface area contributed by atoms with E-state index in [2.05, 4.69) is 20.4 Å². The van der Waals surface area contributed by atoms with E-state index in [9.17, 15) is 4.79 Å². The summed E-state index contributed by atoms with van der Waals surface area (Å²) in [5, 5.41) is 10.3. The Labute approximate surface area is 120 Å². The molecule has 7 heteroatoms. The summed E-state index contributed by atoms with van der Waals surface area (Å²) in [6, 6.07) is 7.67. The average Bonchev–Trinajstić information content (AvgIpc) is 2.78. The zero-order valence-electron chi connectivity index (χ0n) is 10.6. The Morgan fingerprint density at radius 2 is 2.00 bits per heavy atom. The molecule has 1 aromatic carbocycles. The van der Waals surface area contributed by atoms with E-state index in [-0.39, 0.29) is 15.4 Å². The molecule has 100 valence electrons. The molecular weight excluding hydrogens is 284 g/mol. The molecule has 1 N–H and O–H groups in total. The van der Waals surface area contributed by atoms with Crippen molar-refractivity contribution in [1.29, 1.82) is 0 Å². The number of amides is 1. The normalized spacial score (nSPS) is 10.7. The van der Waals surface area contributed by atoms with E-state index in [0.717, 1.165) is 23.6 Å². The first-order valence-corrected chi connectivity index (χ1v) is 6.78.